The molecule has 1 nitrogen and oxygen atoms in total. The average Bonchev–Trinajstić information content (AvgIpc) is 2.38. The number of benzene rings is 2. The third-order valence-electron chi connectivity index (χ3n) is 2.44. The summed E-state index contributed by atoms with van der Waals surface area (Å²) in [5.41, 5.74) is 0.952. The SMILES string of the molecule is FC(F)c1ccc(Br)c(OCc2ccccc2)c1. The van der Waals surface area contributed by atoms with Gasteiger partial charge in [-0.2, -0.15) is 0 Å². The van der Waals surface area contributed by atoms with E-state index in [9.17, 15) is 8.78 Å². The molecule has 0 aromatic heterocycles. The summed E-state index contributed by atoms with van der Waals surface area (Å²) < 4.78 is 31.3. The molecule has 0 amide bonds. The number of hydrogen-bond acceptors (Lipinski definition) is 1. The lowest BCUT2D eigenvalue weighted by molar-refractivity contribution is 0.150. The number of rotatable bonds is 4. The predicted octanol–water partition coefficient (Wildman–Crippen LogP) is 4.97. The molecule has 4 heteroatoms. The Morgan fingerprint density at radius 2 is 1.78 bits per heavy atom. The van der Waals surface area contributed by atoms with E-state index < -0.39 is 6.43 Å². The zero-order valence-electron chi connectivity index (χ0n) is 9.45. The topological polar surface area (TPSA) is 9.23 Å². The number of alkyl halides is 2. The maximum Gasteiger partial charge on any atom is 0.263 e. The molecule has 0 fully saturated rings. The zero-order valence-corrected chi connectivity index (χ0v) is 11.0. The highest BCUT2D eigenvalue weighted by atomic mass is 79.9. The fourth-order valence-electron chi connectivity index (χ4n) is 1.50. The van der Waals surface area contributed by atoms with E-state index in [0.29, 0.717) is 16.8 Å². The van der Waals surface area contributed by atoms with Gasteiger partial charge in [0.2, 0.25) is 0 Å². The predicted molar refractivity (Wildman–Crippen MR) is 69.9 cm³/mol. The molecule has 0 spiro atoms. The van der Waals surface area contributed by atoms with E-state index in [1.165, 1.54) is 12.1 Å². The standard InChI is InChI=1S/C14H11BrF2O/c15-12-7-6-11(14(16)17)8-13(12)18-9-10-4-2-1-3-5-10/h1-8,14H,9H2. The van der Waals surface area contributed by atoms with Crippen molar-refractivity contribution in [1.82, 2.24) is 0 Å². The molecule has 0 N–H and O–H groups in total. The molecule has 18 heavy (non-hydrogen) atoms. The molecule has 94 valence electrons. The fraction of sp³-hybridized carbons (Fsp3) is 0.143. The van der Waals surface area contributed by atoms with Gasteiger partial charge in [0.25, 0.3) is 6.43 Å². The lowest BCUT2D eigenvalue weighted by Crippen LogP contribution is -1.97. The Morgan fingerprint density at radius 1 is 1.06 bits per heavy atom. The van der Waals surface area contributed by atoms with Gasteiger partial charge in [-0.25, -0.2) is 8.78 Å². The maximum atomic E-state index is 12.6. The minimum Gasteiger partial charge on any atom is -0.488 e. The molecule has 2 rings (SSSR count). The van der Waals surface area contributed by atoms with Gasteiger partial charge in [0.15, 0.2) is 0 Å². The van der Waals surface area contributed by atoms with Crippen molar-refractivity contribution in [1.29, 1.82) is 0 Å². The Balaban J connectivity index is 2.11. The summed E-state index contributed by atoms with van der Waals surface area (Å²) >= 11 is 3.28. The molecular weight excluding hydrogens is 302 g/mol. The smallest absolute Gasteiger partial charge is 0.263 e. The summed E-state index contributed by atoms with van der Waals surface area (Å²) in [4.78, 5) is 0. The van der Waals surface area contributed by atoms with E-state index in [1.807, 2.05) is 30.3 Å². The molecule has 0 atom stereocenters. The van der Waals surface area contributed by atoms with Gasteiger partial charge in [-0.05, 0) is 33.6 Å². The van der Waals surface area contributed by atoms with Gasteiger partial charge in [-0.1, -0.05) is 36.4 Å². The van der Waals surface area contributed by atoms with Crippen LogP contribution in [-0.4, -0.2) is 0 Å². The van der Waals surface area contributed by atoms with Gasteiger partial charge in [0.05, 0.1) is 4.47 Å². The van der Waals surface area contributed by atoms with Gasteiger partial charge in [-0.3, -0.25) is 0 Å². The van der Waals surface area contributed by atoms with Crippen LogP contribution in [0.25, 0.3) is 0 Å². The van der Waals surface area contributed by atoms with Gasteiger partial charge in [0.1, 0.15) is 12.4 Å². The van der Waals surface area contributed by atoms with Crippen molar-refractivity contribution in [3.8, 4) is 5.75 Å². The molecule has 0 aliphatic carbocycles. The Bertz CT molecular complexity index is 514. The summed E-state index contributed by atoms with van der Waals surface area (Å²) in [6.07, 6.45) is -2.49. The second-order valence-corrected chi connectivity index (χ2v) is 4.62. The van der Waals surface area contributed by atoms with Crippen LogP contribution in [0.4, 0.5) is 8.78 Å². The second kappa shape index (κ2) is 5.96. The minimum atomic E-state index is -2.49. The zero-order chi connectivity index (χ0) is 13.0. The Morgan fingerprint density at radius 3 is 2.44 bits per heavy atom. The number of ether oxygens (including phenoxy) is 1. The summed E-state index contributed by atoms with van der Waals surface area (Å²) in [5, 5.41) is 0. The largest absolute Gasteiger partial charge is 0.488 e. The highest BCUT2D eigenvalue weighted by Crippen LogP contribution is 2.30. The monoisotopic (exact) mass is 312 g/mol. The van der Waals surface area contributed by atoms with E-state index in [2.05, 4.69) is 15.9 Å². The van der Waals surface area contributed by atoms with Crippen LogP contribution in [0, 0.1) is 0 Å². The van der Waals surface area contributed by atoms with E-state index >= 15 is 0 Å². The van der Waals surface area contributed by atoms with Gasteiger partial charge >= 0.3 is 0 Å². The van der Waals surface area contributed by atoms with Crippen molar-refractivity contribution in [3.63, 3.8) is 0 Å². The molecule has 0 aliphatic rings. The van der Waals surface area contributed by atoms with Gasteiger partial charge < -0.3 is 4.74 Å². The quantitative estimate of drug-likeness (QED) is 0.775. The lowest BCUT2D eigenvalue weighted by atomic mass is 10.2. The van der Waals surface area contributed by atoms with Crippen LogP contribution in [0.1, 0.15) is 17.6 Å². The molecule has 2 aromatic carbocycles. The summed E-state index contributed by atoms with van der Waals surface area (Å²) in [6, 6.07) is 13.9. The van der Waals surface area contributed by atoms with E-state index in [-0.39, 0.29) is 5.56 Å². The third-order valence-corrected chi connectivity index (χ3v) is 3.10. The van der Waals surface area contributed by atoms with Crippen LogP contribution in [-0.2, 0) is 6.61 Å². The number of hydrogen-bond donors (Lipinski definition) is 0. The first kappa shape index (κ1) is 13.0. The van der Waals surface area contributed by atoms with E-state index in [4.69, 9.17) is 4.74 Å². The van der Waals surface area contributed by atoms with Crippen molar-refractivity contribution in [2.24, 2.45) is 0 Å². The van der Waals surface area contributed by atoms with Crippen LogP contribution in [0.5, 0.6) is 5.75 Å². The van der Waals surface area contributed by atoms with Crippen molar-refractivity contribution >= 4 is 15.9 Å². The molecule has 0 bridgehead atoms. The fourth-order valence-corrected chi connectivity index (χ4v) is 1.86. The van der Waals surface area contributed by atoms with Crippen molar-refractivity contribution < 1.29 is 13.5 Å². The maximum absolute atomic E-state index is 12.6. The average molecular weight is 313 g/mol. The Kier molecular flexibility index (Phi) is 4.31. The molecular formula is C14H11BrF2O. The summed E-state index contributed by atoms with van der Waals surface area (Å²) in [5.74, 6) is 0.427. The van der Waals surface area contributed by atoms with Crippen molar-refractivity contribution in [2.45, 2.75) is 13.0 Å². The Labute approximate surface area is 113 Å². The normalized spacial score (nSPS) is 10.7. The van der Waals surface area contributed by atoms with Crippen LogP contribution in [0.15, 0.2) is 53.0 Å². The van der Waals surface area contributed by atoms with E-state index in [0.717, 1.165) is 5.56 Å². The molecule has 0 radical (unpaired) electrons. The molecule has 0 unspecified atom stereocenters. The summed E-state index contributed by atoms with van der Waals surface area (Å²) in [6.45, 7) is 0.353. The van der Waals surface area contributed by atoms with Crippen LogP contribution >= 0.6 is 15.9 Å². The van der Waals surface area contributed by atoms with Gasteiger partial charge in [-0.15, -0.1) is 0 Å². The van der Waals surface area contributed by atoms with Crippen molar-refractivity contribution in [2.75, 3.05) is 0 Å². The first-order valence-electron chi connectivity index (χ1n) is 5.41. The van der Waals surface area contributed by atoms with Crippen LogP contribution in [0.3, 0.4) is 0 Å². The molecule has 0 saturated carbocycles. The Hall–Kier alpha value is -1.42. The summed E-state index contributed by atoms with van der Waals surface area (Å²) in [7, 11) is 0. The highest BCUT2D eigenvalue weighted by molar-refractivity contribution is 9.10. The molecule has 0 aliphatic heterocycles. The second-order valence-electron chi connectivity index (χ2n) is 3.76. The minimum absolute atomic E-state index is 0.0405. The lowest BCUT2D eigenvalue weighted by Gasteiger charge is -2.10. The molecule has 0 heterocycles. The van der Waals surface area contributed by atoms with Crippen molar-refractivity contribution in [3.05, 3.63) is 64.1 Å². The highest BCUT2D eigenvalue weighted by Gasteiger charge is 2.10. The third kappa shape index (κ3) is 3.29. The first-order chi connectivity index (χ1) is 8.66. The van der Waals surface area contributed by atoms with Crippen LogP contribution in [0.2, 0.25) is 0 Å². The van der Waals surface area contributed by atoms with E-state index in [1.54, 1.807) is 6.07 Å². The molecule has 0 saturated heterocycles. The van der Waals surface area contributed by atoms with Gasteiger partial charge in [0, 0.05) is 5.56 Å². The first-order valence-corrected chi connectivity index (χ1v) is 6.20. The number of halogens is 3. The molecule has 2 aromatic rings. The van der Waals surface area contributed by atoms with Crippen LogP contribution < -0.4 is 4.74 Å².